The van der Waals surface area contributed by atoms with Gasteiger partial charge in [0.15, 0.2) is 5.82 Å². The Bertz CT molecular complexity index is 589. The number of aromatic nitrogens is 2. The lowest BCUT2D eigenvalue weighted by Gasteiger charge is -2.29. The predicted octanol–water partition coefficient (Wildman–Crippen LogP) is 4.48. The molecule has 1 fully saturated rings. The first-order valence-corrected chi connectivity index (χ1v) is 8.55. The summed E-state index contributed by atoms with van der Waals surface area (Å²) in [4.78, 5) is 12.2. The third-order valence-electron chi connectivity index (χ3n) is 4.29. The van der Waals surface area contributed by atoms with Gasteiger partial charge in [-0.2, -0.15) is 0 Å². The molecule has 0 radical (unpaired) electrons. The van der Waals surface area contributed by atoms with E-state index in [1.165, 1.54) is 32.1 Å². The van der Waals surface area contributed by atoms with Crippen molar-refractivity contribution in [3.8, 4) is 11.3 Å². The standard InChI is InChI=1S/C19H25N3/c1-2-3-12-17-15-20-18(16-10-6-4-7-11-16)19(21-17)22-13-8-5-9-14-22/h4,6-7,10-11,15H,2-3,5,8-9,12-14H2,1H3. The van der Waals surface area contributed by atoms with Crippen LogP contribution in [-0.4, -0.2) is 23.1 Å². The highest BCUT2D eigenvalue weighted by molar-refractivity contribution is 5.72. The highest BCUT2D eigenvalue weighted by atomic mass is 15.2. The van der Waals surface area contributed by atoms with Crippen molar-refractivity contribution < 1.29 is 0 Å². The van der Waals surface area contributed by atoms with Gasteiger partial charge in [0.1, 0.15) is 5.69 Å². The SMILES string of the molecule is CCCCc1cnc(-c2ccccc2)c(N2CCCCC2)n1. The van der Waals surface area contributed by atoms with Crippen molar-refractivity contribution >= 4 is 5.82 Å². The lowest BCUT2D eigenvalue weighted by atomic mass is 10.1. The van der Waals surface area contributed by atoms with E-state index in [0.29, 0.717) is 0 Å². The Morgan fingerprint density at radius 2 is 1.82 bits per heavy atom. The maximum atomic E-state index is 4.97. The van der Waals surface area contributed by atoms with Crippen LogP contribution in [0.3, 0.4) is 0 Å². The van der Waals surface area contributed by atoms with E-state index in [0.717, 1.165) is 42.3 Å². The third-order valence-corrected chi connectivity index (χ3v) is 4.29. The van der Waals surface area contributed by atoms with Gasteiger partial charge in [0, 0.05) is 24.8 Å². The summed E-state index contributed by atoms with van der Waals surface area (Å²) < 4.78 is 0. The van der Waals surface area contributed by atoms with Gasteiger partial charge < -0.3 is 4.90 Å². The van der Waals surface area contributed by atoms with Crippen LogP contribution in [0.1, 0.15) is 44.7 Å². The zero-order valence-electron chi connectivity index (χ0n) is 13.5. The van der Waals surface area contributed by atoms with Crippen LogP contribution in [0.2, 0.25) is 0 Å². The molecule has 0 amide bonds. The first-order valence-electron chi connectivity index (χ1n) is 8.55. The Morgan fingerprint density at radius 3 is 2.55 bits per heavy atom. The van der Waals surface area contributed by atoms with Gasteiger partial charge in [0.2, 0.25) is 0 Å². The average Bonchev–Trinajstić information content (AvgIpc) is 2.61. The lowest BCUT2D eigenvalue weighted by Crippen LogP contribution is -2.31. The topological polar surface area (TPSA) is 29.0 Å². The van der Waals surface area contributed by atoms with E-state index >= 15 is 0 Å². The molecular formula is C19H25N3. The van der Waals surface area contributed by atoms with Crippen molar-refractivity contribution in [3.05, 3.63) is 42.2 Å². The first-order chi connectivity index (χ1) is 10.9. The summed E-state index contributed by atoms with van der Waals surface area (Å²) in [6.07, 6.45) is 9.22. The zero-order chi connectivity index (χ0) is 15.2. The second kappa shape index (κ2) is 7.39. The second-order valence-corrected chi connectivity index (χ2v) is 6.05. The van der Waals surface area contributed by atoms with E-state index in [1.54, 1.807) is 0 Å². The molecule has 0 aliphatic carbocycles. The molecular weight excluding hydrogens is 270 g/mol. The smallest absolute Gasteiger partial charge is 0.155 e. The quantitative estimate of drug-likeness (QED) is 0.814. The average molecular weight is 295 g/mol. The lowest BCUT2D eigenvalue weighted by molar-refractivity contribution is 0.572. The van der Waals surface area contributed by atoms with Crippen molar-refractivity contribution in [1.29, 1.82) is 0 Å². The van der Waals surface area contributed by atoms with E-state index in [1.807, 2.05) is 12.3 Å². The van der Waals surface area contributed by atoms with Gasteiger partial charge in [-0.3, -0.25) is 4.98 Å². The number of nitrogens with zero attached hydrogens (tertiary/aromatic N) is 3. The molecule has 0 saturated carbocycles. The van der Waals surface area contributed by atoms with E-state index < -0.39 is 0 Å². The molecule has 22 heavy (non-hydrogen) atoms. The molecule has 1 saturated heterocycles. The largest absolute Gasteiger partial charge is 0.355 e. The summed E-state index contributed by atoms with van der Waals surface area (Å²) in [5.74, 6) is 1.08. The van der Waals surface area contributed by atoms with Gasteiger partial charge in [-0.05, 0) is 32.1 Å². The summed E-state index contributed by atoms with van der Waals surface area (Å²) >= 11 is 0. The fourth-order valence-corrected chi connectivity index (χ4v) is 3.02. The molecule has 3 nitrogen and oxygen atoms in total. The Hall–Kier alpha value is -1.90. The molecule has 1 aliphatic rings. The number of unbranched alkanes of at least 4 members (excludes halogenated alkanes) is 1. The summed E-state index contributed by atoms with van der Waals surface area (Å²) in [5.41, 5.74) is 3.32. The van der Waals surface area contributed by atoms with Crippen molar-refractivity contribution in [1.82, 2.24) is 9.97 Å². The number of benzene rings is 1. The van der Waals surface area contributed by atoms with Crippen molar-refractivity contribution in [2.45, 2.75) is 45.4 Å². The van der Waals surface area contributed by atoms with E-state index in [4.69, 9.17) is 9.97 Å². The molecule has 1 aromatic heterocycles. The minimum absolute atomic E-state index is 1.03. The molecule has 2 heterocycles. The first kappa shape index (κ1) is 15.0. The van der Waals surface area contributed by atoms with Crippen LogP contribution in [0, 0.1) is 0 Å². The molecule has 3 heteroatoms. The van der Waals surface area contributed by atoms with Crippen LogP contribution in [-0.2, 0) is 6.42 Å². The minimum atomic E-state index is 1.03. The van der Waals surface area contributed by atoms with Crippen LogP contribution < -0.4 is 4.90 Å². The highest BCUT2D eigenvalue weighted by Crippen LogP contribution is 2.29. The number of anilines is 1. The number of hydrogen-bond acceptors (Lipinski definition) is 3. The number of aryl methyl sites for hydroxylation is 1. The normalized spacial score (nSPS) is 15.0. The fourth-order valence-electron chi connectivity index (χ4n) is 3.02. The van der Waals surface area contributed by atoms with Gasteiger partial charge >= 0.3 is 0 Å². The van der Waals surface area contributed by atoms with Crippen molar-refractivity contribution in [3.63, 3.8) is 0 Å². The highest BCUT2D eigenvalue weighted by Gasteiger charge is 2.18. The Labute approximate surface area is 133 Å². The maximum absolute atomic E-state index is 4.97. The van der Waals surface area contributed by atoms with Gasteiger partial charge in [-0.1, -0.05) is 43.7 Å². The molecule has 0 bridgehead atoms. The molecule has 0 N–H and O–H groups in total. The fraction of sp³-hybridized carbons (Fsp3) is 0.474. The van der Waals surface area contributed by atoms with Crippen molar-refractivity contribution in [2.75, 3.05) is 18.0 Å². The molecule has 1 aliphatic heterocycles. The molecule has 1 aromatic carbocycles. The molecule has 0 unspecified atom stereocenters. The van der Waals surface area contributed by atoms with Gasteiger partial charge in [0.05, 0.1) is 5.69 Å². The van der Waals surface area contributed by atoms with Gasteiger partial charge in [0.25, 0.3) is 0 Å². The maximum Gasteiger partial charge on any atom is 0.155 e. The predicted molar refractivity (Wildman–Crippen MR) is 92.1 cm³/mol. The van der Waals surface area contributed by atoms with Crippen LogP contribution >= 0.6 is 0 Å². The van der Waals surface area contributed by atoms with Crippen LogP contribution in [0.25, 0.3) is 11.3 Å². The Morgan fingerprint density at radius 1 is 1.05 bits per heavy atom. The number of rotatable bonds is 5. The van der Waals surface area contributed by atoms with Crippen molar-refractivity contribution in [2.24, 2.45) is 0 Å². The summed E-state index contributed by atoms with van der Waals surface area (Å²) in [5, 5.41) is 0. The number of piperidine rings is 1. The van der Waals surface area contributed by atoms with E-state index in [-0.39, 0.29) is 0 Å². The van der Waals surface area contributed by atoms with Crippen LogP contribution in [0.15, 0.2) is 36.5 Å². The van der Waals surface area contributed by atoms with Gasteiger partial charge in [-0.25, -0.2) is 4.98 Å². The molecule has 116 valence electrons. The minimum Gasteiger partial charge on any atom is -0.355 e. The molecule has 2 aromatic rings. The molecule has 0 spiro atoms. The Balaban J connectivity index is 1.96. The Kier molecular flexibility index (Phi) is 5.04. The van der Waals surface area contributed by atoms with Crippen LogP contribution in [0.5, 0.6) is 0 Å². The monoisotopic (exact) mass is 295 g/mol. The van der Waals surface area contributed by atoms with E-state index in [2.05, 4.69) is 36.1 Å². The second-order valence-electron chi connectivity index (χ2n) is 6.05. The number of hydrogen-bond donors (Lipinski definition) is 0. The van der Waals surface area contributed by atoms with Gasteiger partial charge in [-0.15, -0.1) is 0 Å². The summed E-state index contributed by atoms with van der Waals surface area (Å²) in [6.45, 7) is 4.43. The summed E-state index contributed by atoms with van der Waals surface area (Å²) in [7, 11) is 0. The van der Waals surface area contributed by atoms with Crippen LogP contribution in [0.4, 0.5) is 5.82 Å². The summed E-state index contributed by atoms with van der Waals surface area (Å²) in [6, 6.07) is 10.4. The third kappa shape index (κ3) is 3.46. The molecule has 0 atom stereocenters. The zero-order valence-corrected chi connectivity index (χ0v) is 13.5. The molecule has 3 rings (SSSR count). The van der Waals surface area contributed by atoms with E-state index in [9.17, 15) is 0 Å².